The number of fused-ring (bicyclic) bond motifs is 1. The summed E-state index contributed by atoms with van der Waals surface area (Å²) in [4.78, 5) is 6.05. The van der Waals surface area contributed by atoms with Gasteiger partial charge in [0.25, 0.3) is 0 Å². The van der Waals surface area contributed by atoms with Crippen LogP contribution in [0.2, 0.25) is 0 Å². The van der Waals surface area contributed by atoms with Crippen molar-refractivity contribution < 1.29 is 14.9 Å². The maximum absolute atomic E-state index is 9.99. The Morgan fingerprint density at radius 1 is 0.875 bits per heavy atom. The van der Waals surface area contributed by atoms with Gasteiger partial charge in [-0.1, -0.05) is 36.4 Å². The first-order chi connectivity index (χ1) is 15.6. The van der Waals surface area contributed by atoms with Gasteiger partial charge in [0.15, 0.2) is 0 Å². The predicted octanol–water partition coefficient (Wildman–Crippen LogP) is 3.93. The van der Waals surface area contributed by atoms with Crippen molar-refractivity contribution >= 4 is 10.9 Å². The van der Waals surface area contributed by atoms with Crippen LogP contribution in [0.4, 0.5) is 0 Å². The zero-order chi connectivity index (χ0) is 21.9. The third-order valence-corrected chi connectivity index (χ3v) is 4.94. The third kappa shape index (κ3) is 4.20. The highest BCUT2D eigenvalue weighted by Crippen LogP contribution is 2.29. The number of aromatic nitrogens is 5. The predicted molar refractivity (Wildman–Crippen MR) is 118 cm³/mol. The van der Waals surface area contributed by atoms with Crippen LogP contribution < -0.4 is 4.74 Å². The largest absolute Gasteiger partial charge is 0.508 e. The Bertz CT molecular complexity index is 1400. The van der Waals surface area contributed by atoms with Gasteiger partial charge < -0.3 is 14.9 Å². The molecule has 3 aromatic carbocycles. The molecule has 0 saturated heterocycles. The SMILES string of the molecule is Oc1ccc(O)c(-c2nnn(Cc3cccc(OCc4ccc5ccccc5n4)c3)n2)c1. The highest BCUT2D eigenvalue weighted by Gasteiger charge is 2.12. The van der Waals surface area contributed by atoms with Crippen LogP contribution in [-0.2, 0) is 13.2 Å². The van der Waals surface area contributed by atoms with Crippen molar-refractivity contribution in [3.8, 4) is 28.6 Å². The number of tetrazole rings is 1. The molecule has 0 saturated carbocycles. The molecule has 0 aliphatic rings. The van der Waals surface area contributed by atoms with Crippen LogP contribution in [0, 0.1) is 0 Å². The average Bonchev–Trinajstić information content (AvgIpc) is 3.27. The van der Waals surface area contributed by atoms with E-state index < -0.39 is 0 Å². The van der Waals surface area contributed by atoms with Gasteiger partial charge in [-0.15, -0.1) is 10.2 Å². The Kier molecular flexibility index (Phi) is 5.09. The summed E-state index contributed by atoms with van der Waals surface area (Å²) in [5, 5.41) is 33.0. The zero-order valence-electron chi connectivity index (χ0n) is 17.0. The van der Waals surface area contributed by atoms with E-state index in [1.807, 2.05) is 60.7 Å². The molecular formula is C24H19N5O3. The smallest absolute Gasteiger partial charge is 0.208 e. The summed E-state index contributed by atoms with van der Waals surface area (Å²) >= 11 is 0. The minimum absolute atomic E-state index is 0.0138. The van der Waals surface area contributed by atoms with Crippen LogP contribution in [0.5, 0.6) is 17.2 Å². The summed E-state index contributed by atoms with van der Waals surface area (Å²) in [5.74, 6) is 0.927. The molecule has 0 bridgehead atoms. The lowest BCUT2D eigenvalue weighted by Crippen LogP contribution is -2.04. The van der Waals surface area contributed by atoms with E-state index in [1.54, 1.807) is 0 Å². The van der Waals surface area contributed by atoms with Crippen molar-refractivity contribution in [2.24, 2.45) is 0 Å². The van der Waals surface area contributed by atoms with E-state index in [1.165, 1.54) is 23.0 Å². The van der Waals surface area contributed by atoms with E-state index in [0.717, 1.165) is 22.2 Å². The van der Waals surface area contributed by atoms with E-state index >= 15 is 0 Å². The first kappa shape index (κ1) is 19.5. The number of rotatable bonds is 6. The fraction of sp³-hybridized carbons (Fsp3) is 0.0833. The van der Waals surface area contributed by atoms with Crippen molar-refractivity contribution in [2.75, 3.05) is 0 Å². The molecule has 0 spiro atoms. The molecular weight excluding hydrogens is 406 g/mol. The maximum Gasteiger partial charge on any atom is 0.208 e. The van der Waals surface area contributed by atoms with Gasteiger partial charge in [-0.05, 0) is 53.2 Å². The summed E-state index contributed by atoms with van der Waals surface area (Å²) < 4.78 is 5.93. The second-order valence-electron chi connectivity index (χ2n) is 7.28. The molecule has 0 radical (unpaired) electrons. The van der Waals surface area contributed by atoms with Gasteiger partial charge in [-0.2, -0.15) is 4.80 Å². The van der Waals surface area contributed by atoms with Crippen molar-refractivity contribution in [3.63, 3.8) is 0 Å². The number of para-hydroxylation sites is 1. The second kappa shape index (κ2) is 8.35. The van der Waals surface area contributed by atoms with E-state index in [4.69, 9.17) is 4.74 Å². The molecule has 32 heavy (non-hydrogen) atoms. The zero-order valence-corrected chi connectivity index (χ0v) is 17.0. The van der Waals surface area contributed by atoms with Crippen LogP contribution >= 0.6 is 0 Å². The van der Waals surface area contributed by atoms with Crippen molar-refractivity contribution in [3.05, 3.63) is 90.1 Å². The fourth-order valence-corrected chi connectivity index (χ4v) is 3.36. The molecule has 8 heteroatoms. The first-order valence-electron chi connectivity index (χ1n) is 10.0. The Hall–Kier alpha value is -4.46. The van der Waals surface area contributed by atoms with Crippen molar-refractivity contribution in [2.45, 2.75) is 13.2 Å². The normalized spacial score (nSPS) is 11.0. The van der Waals surface area contributed by atoms with Crippen LogP contribution in [-0.4, -0.2) is 35.4 Å². The minimum Gasteiger partial charge on any atom is -0.508 e. The average molecular weight is 425 g/mol. The van der Waals surface area contributed by atoms with E-state index in [-0.39, 0.29) is 17.3 Å². The quantitative estimate of drug-likeness (QED) is 0.397. The molecule has 5 rings (SSSR count). The summed E-state index contributed by atoms with van der Waals surface area (Å²) in [5.41, 5.74) is 3.03. The molecule has 0 aliphatic carbocycles. The molecule has 2 heterocycles. The van der Waals surface area contributed by atoms with Crippen molar-refractivity contribution in [1.82, 2.24) is 25.2 Å². The van der Waals surface area contributed by atoms with Gasteiger partial charge in [-0.25, -0.2) is 4.98 Å². The number of pyridine rings is 1. The molecule has 0 atom stereocenters. The Morgan fingerprint density at radius 3 is 2.72 bits per heavy atom. The lowest BCUT2D eigenvalue weighted by molar-refractivity contribution is 0.301. The van der Waals surface area contributed by atoms with Gasteiger partial charge >= 0.3 is 0 Å². The van der Waals surface area contributed by atoms with Crippen LogP contribution in [0.1, 0.15) is 11.3 Å². The van der Waals surface area contributed by atoms with Crippen molar-refractivity contribution in [1.29, 1.82) is 0 Å². The first-order valence-corrected chi connectivity index (χ1v) is 10.0. The topological polar surface area (TPSA) is 106 Å². The number of aromatic hydroxyl groups is 2. The maximum atomic E-state index is 9.99. The monoisotopic (exact) mass is 425 g/mol. The molecule has 8 nitrogen and oxygen atoms in total. The summed E-state index contributed by atoms with van der Waals surface area (Å²) in [6.07, 6.45) is 0. The number of ether oxygens (including phenoxy) is 1. The highest BCUT2D eigenvalue weighted by molar-refractivity contribution is 5.78. The number of benzene rings is 3. The van der Waals surface area contributed by atoms with Gasteiger partial charge in [0, 0.05) is 5.39 Å². The van der Waals surface area contributed by atoms with Gasteiger partial charge in [-0.3, -0.25) is 0 Å². The molecule has 0 unspecified atom stereocenters. The Balaban J connectivity index is 1.28. The van der Waals surface area contributed by atoms with Crippen LogP contribution in [0.25, 0.3) is 22.3 Å². The van der Waals surface area contributed by atoms with Gasteiger partial charge in [0.2, 0.25) is 5.82 Å². The summed E-state index contributed by atoms with van der Waals surface area (Å²) in [6.45, 7) is 0.731. The van der Waals surface area contributed by atoms with E-state index in [2.05, 4.69) is 20.4 Å². The molecule has 2 N–H and O–H groups in total. The van der Waals surface area contributed by atoms with Gasteiger partial charge in [0.1, 0.15) is 23.9 Å². The molecule has 2 aromatic heterocycles. The standard InChI is InChI=1S/C24H19N5O3/c30-19-10-11-23(31)21(13-19)24-26-28-29(27-24)14-16-4-3-6-20(12-16)32-15-18-9-8-17-5-1-2-7-22(17)25-18/h1-13,30-31H,14-15H2. The molecule has 158 valence electrons. The Morgan fingerprint density at radius 2 is 1.78 bits per heavy atom. The fourth-order valence-electron chi connectivity index (χ4n) is 3.36. The number of nitrogens with zero attached hydrogens (tertiary/aromatic N) is 5. The third-order valence-electron chi connectivity index (χ3n) is 4.94. The van der Waals surface area contributed by atoms with E-state index in [0.29, 0.717) is 24.5 Å². The van der Waals surface area contributed by atoms with Crippen LogP contribution in [0.15, 0.2) is 78.9 Å². The summed E-state index contributed by atoms with van der Waals surface area (Å²) in [6, 6.07) is 23.8. The molecule has 0 amide bonds. The molecule has 0 aliphatic heterocycles. The number of phenolic OH excluding ortho intramolecular Hbond substituents is 2. The Labute approximate surface area is 183 Å². The second-order valence-corrected chi connectivity index (χ2v) is 7.28. The number of hydrogen-bond donors (Lipinski definition) is 2. The molecule has 0 fully saturated rings. The number of phenols is 2. The van der Waals surface area contributed by atoms with E-state index in [9.17, 15) is 10.2 Å². The summed E-state index contributed by atoms with van der Waals surface area (Å²) in [7, 11) is 0. The van der Waals surface area contributed by atoms with Crippen LogP contribution in [0.3, 0.4) is 0 Å². The highest BCUT2D eigenvalue weighted by atomic mass is 16.5. The lowest BCUT2D eigenvalue weighted by Gasteiger charge is -2.08. The number of hydrogen-bond acceptors (Lipinski definition) is 7. The molecule has 5 aromatic rings. The minimum atomic E-state index is -0.0277. The van der Waals surface area contributed by atoms with Gasteiger partial charge in [0.05, 0.1) is 23.3 Å². The lowest BCUT2D eigenvalue weighted by atomic mass is 10.2.